The Hall–Kier alpha value is -3.73. The van der Waals surface area contributed by atoms with Crippen molar-refractivity contribution in [1.82, 2.24) is 0 Å². The lowest BCUT2D eigenvalue weighted by Crippen LogP contribution is -2.08. The molecule has 0 aromatic heterocycles. The zero-order valence-corrected chi connectivity index (χ0v) is 18.8. The van der Waals surface area contributed by atoms with Crippen LogP contribution in [0.5, 0.6) is 17.2 Å². The van der Waals surface area contributed by atoms with Gasteiger partial charge in [-0.05, 0) is 41.8 Å². The molecular formula is C29H25F3O2. The van der Waals surface area contributed by atoms with Crippen LogP contribution in [0.3, 0.4) is 0 Å². The SMILES string of the molecule is CCC(c1cccc(C(F)(F)F)c1)c1ccc(OCc2ccccc2)cc1Oc1ccccc1. The Balaban J connectivity index is 1.69. The molecule has 0 saturated carbocycles. The Morgan fingerprint density at radius 2 is 1.44 bits per heavy atom. The lowest BCUT2D eigenvalue weighted by Gasteiger charge is -2.22. The van der Waals surface area contributed by atoms with Crippen LogP contribution in [0, 0.1) is 0 Å². The summed E-state index contributed by atoms with van der Waals surface area (Å²) in [6.45, 7) is 2.35. The highest BCUT2D eigenvalue weighted by atomic mass is 19.4. The summed E-state index contributed by atoms with van der Waals surface area (Å²) in [6, 6.07) is 30.2. The number of rotatable bonds is 8. The van der Waals surface area contributed by atoms with Crippen molar-refractivity contribution >= 4 is 0 Å². The average molecular weight is 463 g/mol. The second-order valence-electron chi connectivity index (χ2n) is 7.97. The number of hydrogen-bond acceptors (Lipinski definition) is 2. The van der Waals surface area contributed by atoms with Gasteiger partial charge in [-0.15, -0.1) is 0 Å². The lowest BCUT2D eigenvalue weighted by molar-refractivity contribution is -0.137. The van der Waals surface area contributed by atoms with Crippen molar-refractivity contribution in [3.63, 3.8) is 0 Å². The van der Waals surface area contributed by atoms with E-state index in [0.717, 1.165) is 17.2 Å². The second kappa shape index (κ2) is 10.5. The van der Waals surface area contributed by atoms with Crippen molar-refractivity contribution < 1.29 is 22.6 Å². The van der Waals surface area contributed by atoms with Gasteiger partial charge in [-0.3, -0.25) is 0 Å². The zero-order valence-electron chi connectivity index (χ0n) is 18.8. The van der Waals surface area contributed by atoms with E-state index in [1.807, 2.05) is 85.8 Å². The fourth-order valence-corrected chi connectivity index (χ4v) is 3.90. The molecule has 5 heteroatoms. The Bertz CT molecular complexity index is 1200. The topological polar surface area (TPSA) is 18.5 Å². The molecule has 0 heterocycles. The highest BCUT2D eigenvalue weighted by Gasteiger charge is 2.31. The molecule has 2 nitrogen and oxygen atoms in total. The number of alkyl halides is 3. The molecule has 0 N–H and O–H groups in total. The van der Waals surface area contributed by atoms with Crippen LogP contribution in [0.25, 0.3) is 0 Å². The minimum atomic E-state index is -4.40. The van der Waals surface area contributed by atoms with Gasteiger partial charge in [0, 0.05) is 17.5 Å². The van der Waals surface area contributed by atoms with E-state index in [1.165, 1.54) is 12.1 Å². The largest absolute Gasteiger partial charge is 0.489 e. The summed E-state index contributed by atoms with van der Waals surface area (Å²) in [7, 11) is 0. The molecule has 0 radical (unpaired) electrons. The number of benzene rings is 4. The minimum absolute atomic E-state index is 0.274. The molecule has 174 valence electrons. The van der Waals surface area contributed by atoms with Crippen molar-refractivity contribution in [1.29, 1.82) is 0 Å². The van der Waals surface area contributed by atoms with Gasteiger partial charge in [0.25, 0.3) is 0 Å². The van der Waals surface area contributed by atoms with Crippen LogP contribution in [0.2, 0.25) is 0 Å². The van der Waals surface area contributed by atoms with Crippen molar-refractivity contribution in [2.45, 2.75) is 32.0 Å². The molecule has 0 aliphatic heterocycles. The van der Waals surface area contributed by atoms with Crippen LogP contribution in [0.15, 0.2) is 103 Å². The number of hydrogen-bond donors (Lipinski definition) is 0. The van der Waals surface area contributed by atoms with E-state index in [1.54, 1.807) is 6.07 Å². The second-order valence-corrected chi connectivity index (χ2v) is 7.97. The lowest BCUT2D eigenvalue weighted by atomic mass is 9.87. The molecule has 0 aliphatic carbocycles. The van der Waals surface area contributed by atoms with Gasteiger partial charge in [0.05, 0.1) is 5.56 Å². The van der Waals surface area contributed by atoms with Gasteiger partial charge < -0.3 is 9.47 Å². The summed E-state index contributed by atoms with van der Waals surface area (Å²) in [5.74, 6) is 1.55. The summed E-state index contributed by atoms with van der Waals surface area (Å²) >= 11 is 0. The molecule has 34 heavy (non-hydrogen) atoms. The first kappa shape index (κ1) is 23.4. The van der Waals surface area contributed by atoms with E-state index in [9.17, 15) is 13.2 Å². The molecule has 0 saturated heterocycles. The summed E-state index contributed by atoms with van der Waals surface area (Å²) in [5, 5.41) is 0. The molecule has 0 amide bonds. The average Bonchev–Trinajstić information content (AvgIpc) is 2.85. The predicted molar refractivity (Wildman–Crippen MR) is 127 cm³/mol. The summed E-state index contributed by atoms with van der Waals surface area (Å²) in [6.07, 6.45) is -3.79. The molecular weight excluding hydrogens is 437 g/mol. The van der Waals surface area contributed by atoms with Crippen molar-refractivity contribution in [3.05, 3.63) is 125 Å². The Kier molecular flexibility index (Phi) is 7.21. The van der Waals surface area contributed by atoms with Gasteiger partial charge in [-0.1, -0.05) is 79.7 Å². The molecule has 4 aromatic rings. The Morgan fingerprint density at radius 1 is 0.735 bits per heavy atom. The molecule has 4 aromatic carbocycles. The van der Waals surface area contributed by atoms with Crippen molar-refractivity contribution in [2.75, 3.05) is 0 Å². The highest BCUT2D eigenvalue weighted by molar-refractivity contribution is 5.49. The fourth-order valence-electron chi connectivity index (χ4n) is 3.90. The molecule has 1 unspecified atom stereocenters. The van der Waals surface area contributed by atoms with E-state index in [4.69, 9.17) is 9.47 Å². The van der Waals surface area contributed by atoms with E-state index in [-0.39, 0.29) is 5.92 Å². The van der Waals surface area contributed by atoms with Crippen LogP contribution in [-0.4, -0.2) is 0 Å². The first-order valence-electron chi connectivity index (χ1n) is 11.1. The molecule has 1 atom stereocenters. The van der Waals surface area contributed by atoms with Crippen LogP contribution >= 0.6 is 0 Å². The van der Waals surface area contributed by atoms with E-state index in [2.05, 4.69) is 0 Å². The monoisotopic (exact) mass is 462 g/mol. The minimum Gasteiger partial charge on any atom is -0.489 e. The summed E-state index contributed by atoms with van der Waals surface area (Å²) < 4.78 is 52.2. The third kappa shape index (κ3) is 5.79. The number of ether oxygens (including phenoxy) is 2. The van der Waals surface area contributed by atoms with E-state index in [0.29, 0.717) is 35.8 Å². The Morgan fingerprint density at radius 3 is 2.12 bits per heavy atom. The normalized spacial score (nSPS) is 12.2. The summed E-state index contributed by atoms with van der Waals surface area (Å²) in [4.78, 5) is 0. The molecule has 0 bridgehead atoms. The molecule has 0 fully saturated rings. The first-order chi connectivity index (χ1) is 16.4. The third-order valence-electron chi connectivity index (χ3n) is 5.60. The smallest absolute Gasteiger partial charge is 0.416 e. The quantitative estimate of drug-likeness (QED) is 0.261. The highest BCUT2D eigenvalue weighted by Crippen LogP contribution is 2.40. The van der Waals surface area contributed by atoms with Crippen LogP contribution in [0.1, 0.15) is 41.5 Å². The van der Waals surface area contributed by atoms with E-state index < -0.39 is 11.7 Å². The molecule has 0 aliphatic rings. The maximum atomic E-state index is 13.3. The first-order valence-corrected chi connectivity index (χ1v) is 11.1. The van der Waals surface area contributed by atoms with Crippen molar-refractivity contribution in [3.8, 4) is 17.2 Å². The zero-order chi connectivity index (χ0) is 24.0. The van der Waals surface area contributed by atoms with Crippen LogP contribution in [0.4, 0.5) is 13.2 Å². The van der Waals surface area contributed by atoms with Gasteiger partial charge in [0.2, 0.25) is 0 Å². The van der Waals surface area contributed by atoms with Gasteiger partial charge >= 0.3 is 6.18 Å². The van der Waals surface area contributed by atoms with E-state index >= 15 is 0 Å². The fraction of sp³-hybridized carbons (Fsp3) is 0.172. The van der Waals surface area contributed by atoms with Crippen molar-refractivity contribution in [2.24, 2.45) is 0 Å². The maximum absolute atomic E-state index is 13.3. The van der Waals surface area contributed by atoms with Crippen LogP contribution < -0.4 is 9.47 Å². The Labute approximate surface area is 197 Å². The summed E-state index contributed by atoms with van der Waals surface area (Å²) in [5.41, 5.74) is 1.77. The van der Waals surface area contributed by atoms with Gasteiger partial charge in [-0.25, -0.2) is 0 Å². The standard InChI is InChI=1S/C29H25F3O2/c1-2-26(22-12-9-13-23(18-22)29(30,31)32)27-17-16-25(33-20-21-10-5-3-6-11-21)19-28(27)34-24-14-7-4-8-15-24/h3-19,26H,2,20H2,1H3. The van der Waals surface area contributed by atoms with Crippen LogP contribution in [-0.2, 0) is 12.8 Å². The maximum Gasteiger partial charge on any atom is 0.416 e. The molecule has 0 spiro atoms. The molecule has 4 rings (SSSR count). The van der Waals surface area contributed by atoms with Gasteiger partial charge in [-0.2, -0.15) is 13.2 Å². The number of halogens is 3. The third-order valence-corrected chi connectivity index (χ3v) is 5.60. The van der Waals surface area contributed by atoms with Gasteiger partial charge in [0.1, 0.15) is 23.9 Å². The predicted octanol–water partition coefficient (Wildman–Crippen LogP) is 8.62. The van der Waals surface area contributed by atoms with Gasteiger partial charge in [0.15, 0.2) is 0 Å². The number of para-hydroxylation sites is 1.